The first-order chi connectivity index (χ1) is 17.1. The summed E-state index contributed by atoms with van der Waals surface area (Å²) in [6.07, 6.45) is 3.28. The average molecular weight is 516 g/mol. The molecule has 0 saturated heterocycles. The van der Waals surface area contributed by atoms with Crippen molar-refractivity contribution in [3.05, 3.63) is 41.2 Å². The lowest BCUT2D eigenvalue weighted by molar-refractivity contribution is -0.143. The van der Waals surface area contributed by atoms with Crippen molar-refractivity contribution >= 4 is 23.5 Å². The van der Waals surface area contributed by atoms with Crippen LogP contribution in [0.1, 0.15) is 58.6 Å². The van der Waals surface area contributed by atoms with Gasteiger partial charge in [0.25, 0.3) is 0 Å². The molecule has 0 amide bonds. The number of nitrogens with zero attached hydrogens (tertiary/aromatic N) is 6. The molecular formula is C24H30ClN7O4. The van der Waals surface area contributed by atoms with Crippen LogP contribution in [0.4, 0.5) is 5.95 Å². The maximum absolute atomic E-state index is 11.6. The van der Waals surface area contributed by atoms with Gasteiger partial charge in [0.05, 0.1) is 12.6 Å². The number of carbonyl (C=O) groups is 1. The number of benzene rings is 1. The normalized spacial score (nSPS) is 20.3. The minimum atomic E-state index is -1.34. The summed E-state index contributed by atoms with van der Waals surface area (Å²) < 4.78 is 12.9. The third-order valence-corrected chi connectivity index (χ3v) is 6.67. The van der Waals surface area contributed by atoms with Crippen molar-refractivity contribution in [2.24, 2.45) is 0 Å². The first-order valence-electron chi connectivity index (χ1n) is 11.8. The highest BCUT2D eigenvalue weighted by atomic mass is 35.5. The fourth-order valence-electron chi connectivity index (χ4n) is 4.11. The Labute approximate surface area is 214 Å². The lowest BCUT2D eigenvalue weighted by Crippen LogP contribution is -2.60. The Morgan fingerprint density at radius 2 is 2.08 bits per heavy atom. The van der Waals surface area contributed by atoms with Crippen LogP contribution < -0.4 is 10.1 Å². The number of hydrogen-bond acceptors (Lipinski definition) is 10. The van der Waals surface area contributed by atoms with E-state index in [2.05, 4.69) is 30.8 Å². The molecule has 36 heavy (non-hydrogen) atoms. The van der Waals surface area contributed by atoms with E-state index in [0.717, 1.165) is 5.56 Å². The van der Waals surface area contributed by atoms with Crippen LogP contribution in [0.15, 0.2) is 30.5 Å². The predicted octanol–water partition coefficient (Wildman–Crippen LogP) is 3.59. The van der Waals surface area contributed by atoms with Crippen molar-refractivity contribution in [1.29, 1.82) is 0 Å². The van der Waals surface area contributed by atoms with Crippen molar-refractivity contribution in [2.75, 3.05) is 11.9 Å². The number of unbranched alkanes of at least 4 members (excludes halogenated alkanes) is 1. The van der Waals surface area contributed by atoms with E-state index in [0.29, 0.717) is 49.6 Å². The van der Waals surface area contributed by atoms with Gasteiger partial charge in [-0.2, -0.15) is 0 Å². The second-order valence-electron chi connectivity index (χ2n) is 9.28. The number of aliphatic hydroxyl groups is 1. The van der Waals surface area contributed by atoms with E-state index in [4.69, 9.17) is 21.1 Å². The molecule has 0 spiro atoms. The third kappa shape index (κ3) is 5.26. The maximum Gasteiger partial charge on any atom is 0.305 e. The Kier molecular flexibility index (Phi) is 7.41. The van der Waals surface area contributed by atoms with Gasteiger partial charge in [-0.05, 0) is 75.2 Å². The molecule has 0 unspecified atom stereocenters. The van der Waals surface area contributed by atoms with Gasteiger partial charge in [0, 0.05) is 30.3 Å². The predicted molar refractivity (Wildman–Crippen MR) is 132 cm³/mol. The summed E-state index contributed by atoms with van der Waals surface area (Å²) in [6.45, 7) is 8.07. The molecule has 1 aliphatic rings. The second kappa shape index (κ2) is 10.4. The van der Waals surface area contributed by atoms with E-state index in [9.17, 15) is 9.90 Å². The number of esters is 1. The lowest BCUT2D eigenvalue weighted by atomic mass is 9.75. The van der Waals surface area contributed by atoms with Crippen LogP contribution in [0.25, 0.3) is 11.4 Å². The minimum Gasteiger partial charge on any atom is -0.484 e. The monoisotopic (exact) mass is 515 g/mol. The van der Waals surface area contributed by atoms with Crippen LogP contribution in [-0.4, -0.2) is 59.1 Å². The molecule has 1 aliphatic heterocycles. The summed E-state index contributed by atoms with van der Waals surface area (Å²) in [5.74, 6) is 1.26. The van der Waals surface area contributed by atoms with Gasteiger partial charge in [0.1, 0.15) is 22.1 Å². The highest BCUT2D eigenvalue weighted by Crippen LogP contribution is 2.48. The number of halogens is 1. The molecule has 12 heteroatoms. The molecule has 2 aromatic heterocycles. The number of tetrazole rings is 1. The number of hydrogen-bond donors (Lipinski definition) is 2. The van der Waals surface area contributed by atoms with Gasteiger partial charge in [-0.3, -0.25) is 4.79 Å². The largest absolute Gasteiger partial charge is 0.484 e. The zero-order chi connectivity index (χ0) is 25.9. The van der Waals surface area contributed by atoms with Gasteiger partial charge in [0.15, 0.2) is 5.82 Å². The second-order valence-corrected chi connectivity index (χ2v) is 9.67. The van der Waals surface area contributed by atoms with Gasteiger partial charge < -0.3 is 19.9 Å². The van der Waals surface area contributed by atoms with Crippen molar-refractivity contribution in [3.8, 4) is 17.1 Å². The first kappa shape index (κ1) is 25.8. The SMILES string of the molecule is CCOC(=O)CCCCn1nnnc1-c1ccc2c(c1)[C@@H](Nc1nccc(Cl)n1)[C@](C)(O)C(C)(C)O2. The molecule has 4 rings (SSSR count). The molecule has 0 radical (unpaired) electrons. The molecule has 3 heterocycles. The van der Waals surface area contributed by atoms with Gasteiger partial charge in [-0.1, -0.05) is 11.6 Å². The number of rotatable bonds is 9. The topological polar surface area (TPSA) is 137 Å². The number of aromatic nitrogens is 6. The summed E-state index contributed by atoms with van der Waals surface area (Å²) in [7, 11) is 0. The van der Waals surface area contributed by atoms with Gasteiger partial charge in [-0.25, -0.2) is 14.6 Å². The molecule has 2 atom stereocenters. The fraction of sp³-hybridized carbons (Fsp3) is 0.500. The Bertz CT molecular complexity index is 1230. The lowest BCUT2D eigenvalue weighted by Gasteiger charge is -2.49. The van der Waals surface area contributed by atoms with Crippen LogP contribution in [-0.2, 0) is 16.1 Å². The number of anilines is 1. The number of fused-ring (bicyclic) bond motifs is 1. The Balaban J connectivity index is 1.61. The van der Waals surface area contributed by atoms with Crippen molar-refractivity contribution in [1.82, 2.24) is 30.2 Å². The number of aryl methyl sites for hydroxylation is 1. The van der Waals surface area contributed by atoms with E-state index < -0.39 is 17.2 Å². The average Bonchev–Trinajstić information content (AvgIpc) is 3.28. The first-order valence-corrected chi connectivity index (χ1v) is 12.2. The smallest absolute Gasteiger partial charge is 0.305 e. The van der Waals surface area contributed by atoms with Crippen LogP contribution >= 0.6 is 11.6 Å². The van der Waals surface area contributed by atoms with Crippen LogP contribution in [0.2, 0.25) is 5.15 Å². The number of carbonyl (C=O) groups excluding carboxylic acids is 1. The van der Waals surface area contributed by atoms with E-state index in [1.165, 1.54) is 0 Å². The van der Waals surface area contributed by atoms with E-state index in [1.54, 1.807) is 30.8 Å². The summed E-state index contributed by atoms with van der Waals surface area (Å²) in [5.41, 5.74) is -0.805. The standard InChI is InChI=1S/C24H30ClN7O4/c1-5-35-19(33)8-6-7-13-32-21(29-30-31-32)15-9-10-17-16(14-15)20(24(4,34)23(2,3)36-17)28-22-26-12-11-18(25)27-22/h9-12,14,20,34H,5-8,13H2,1-4H3,(H,26,27,28)/t20-,24+/m1/s1. The molecule has 0 aliphatic carbocycles. The van der Waals surface area contributed by atoms with Gasteiger partial charge in [-0.15, -0.1) is 5.10 Å². The molecule has 0 bridgehead atoms. The Hall–Kier alpha value is -3.31. The van der Waals surface area contributed by atoms with Gasteiger partial charge in [0.2, 0.25) is 5.95 Å². The quantitative estimate of drug-likeness (QED) is 0.247. The maximum atomic E-state index is 11.6. The molecule has 0 fully saturated rings. The van der Waals surface area contributed by atoms with Crippen LogP contribution in [0.3, 0.4) is 0 Å². The van der Waals surface area contributed by atoms with E-state index in [1.807, 2.05) is 32.0 Å². The van der Waals surface area contributed by atoms with E-state index >= 15 is 0 Å². The molecule has 11 nitrogen and oxygen atoms in total. The summed E-state index contributed by atoms with van der Waals surface area (Å²) in [5, 5.41) is 27.3. The Morgan fingerprint density at radius 3 is 2.83 bits per heavy atom. The molecule has 0 saturated carbocycles. The molecule has 1 aromatic carbocycles. The minimum absolute atomic E-state index is 0.207. The van der Waals surface area contributed by atoms with Gasteiger partial charge >= 0.3 is 5.97 Å². The third-order valence-electron chi connectivity index (χ3n) is 6.46. The van der Waals surface area contributed by atoms with Crippen molar-refractivity contribution < 1.29 is 19.4 Å². The molecule has 192 valence electrons. The van der Waals surface area contributed by atoms with Crippen molar-refractivity contribution in [3.63, 3.8) is 0 Å². The van der Waals surface area contributed by atoms with Crippen molar-refractivity contribution in [2.45, 2.75) is 70.7 Å². The number of nitrogens with one attached hydrogen (secondary N) is 1. The number of ether oxygens (including phenoxy) is 2. The molecule has 2 N–H and O–H groups in total. The van der Waals surface area contributed by atoms with E-state index in [-0.39, 0.29) is 17.1 Å². The molecular weight excluding hydrogens is 486 g/mol. The molecule has 3 aromatic rings. The fourth-order valence-corrected chi connectivity index (χ4v) is 4.25. The van der Waals surface area contributed by atoms with Crippen LogP contribution in [0, 0.1) is 0 Å². The van der Waals surface area contributed by atoms with Crippen LogP contribution in [0.5, 0.6) is 5.75 Å². The summed E-state index contributed by atoms with van der Waals surface area (Å²) >= 11 is 6.06. The zero-order valence-corrected chi connectivity index (χ0v) is 21.5. The highest BCUT2D eigenvalue weighted by molar-refractivity contribution is 6.29. The zero-order valence-electron chi connectivity index (χ0n) is 20.7. The summed E-state index contributed by atoms with van der Waals surface area (Å²) in [6, 6.07) is 6.57. The summed E-state index contributed by atoms with van der Waals surface area (Å²) in [4.78, 5) is 20.1. The highest BCUT2D eigenvalue weighted by Gasteiger charge is 2.53. The Morgan fingerprint density at radius 1 is 1.28 bits per heavy atom.